The third-order valence-corrected chi connectivity index (χ3v) is 4.35. The lowest BCUT2D eigenvalue weighted by Crippen LogP contribution is -2.21. The van der Waals surface area contributed by atoms with E-state index < -0.39 is 11.9 Å². The van der Waals surface area contributed by atoms with Gasteiger partial charge in [-0.15, -0.1) is 0 Å². The number of hydrogen-bond acceptors (Lipinski definition) is 3. The maximum atomic E-state index is 12.4. The lowest BCUT2D eigenvalue weighted by atomic mass is 9.79. The molecule has 1 aliphatic carbocycles. The molecule has 4 heteroatoms. The molecule has 0 bridgehead atoms. The molecule has 0 radical (unpaired) electrons. The highest BCUT2D eigenvalue weighted by atomic mass is 16.4. The summed E-state index contributed by atoms with van der Waals surface area (Å²) in [5.41, 5.74) is 1.34. The zero-order chi connectivity index (χ0) is 15.4. The summed E-state index contributed by atoms with van der Waals surface area (Å²) in [5, 5.41) is 17.9. The maximum Gasteiger partial charge on any atom is 0.310 e. The van der Waals surface area contributed by atoms with E-state index in [9.17, 15) is 9.59 Å². The number of ketones is 1. The molecule has 2 rings (SSSR count). The number of carboxylic acid groups (broad SMARTS) is 1. The third-order valence-electron chi connectivity index (χ3n) is 4.35. The Morgan fingerprint density at radius 3 is 2.24 bits per heavy atom. The second-order valence-electron chi connectivity index (χ2n) is 5.72. The molecule has 110 valence electrons. The second-order valence-corrected chi connectivity index (χ2v) is 5.72. The highest BCUT2D eigenvalue weighted by molar-refractivity contribution is 5.98. The van der Waals surface area contributed by atoms with E-state index in [0.29, 0.717) is 11.1 Å². The minimum Gasteiger partial charge on any atom is -0.481 e. The molecule has 1 aromatic carbocycles. The fourth-order valence-electron chi connectivity index (χ4n) is 2.80. The van der Waals surface area contributed by atoms with Gasteiger partial charge in [-0.1, -0.05) is 24.3 Å². The molecule has 1 atom stereocenters. The molecular formula is C17H19NO3. The average Bonchev–Trinajstić information content (AvgIpc) is 2.53. The zero-order valence-electron chi connectivity index (χ0n) is 12.1. The molecule has 0 heterocycles. The Labute approximate surface area is 124 Å². The zero-order valence-corrected chi connectivity index (χ0v) is 12.1. The Bertz CT molecular complexity index is 563. The Morgan fingerprint density at radius 2 is 1.76 bits per heavy atom. The summed E-state index contributed by atoms with van der Waals surface area (Å²) in [6.07, 6.45) is 3.12. The first-order chi connectivity index (χ1) is 10.0. The fourth-order valence-corrected chi connectivity index (χ4v) is 2.80. The van der Waals surface area contributed by atoms with Gasteiger partial charge in [0.25, 0.3) is 0 Å². The van der Waals surface area contributed by atoms with Gasteiger partial charge in [-0.3, -0.25) is 9.59 Å². The summed E-state index contributed by atoms with van der Waals surface area (Å²) in [6.45, 7) is 1.63. The van der Waals surface area contributed by atoms with Crippen molar-refractivity contribution in [3.8, 4) is 6.07 Å². The van der Waals surface area contributed by atoms with Gasteiger partial charge in [-0.2, -0.15) is 5.26 Å². The van der Waals surface area contributed by atoms with Crippen molar-refractivity contribution in [2.24, 2.45) is 11.8 Å². The number of carbonyl (C=O) groups excluding carboxylic acids is 1. The molecule has 1 saturated carbocycles. The molecular weight excluding hydrogens is 266 g/mol. The largest absolute Gasteiger partial charge is 0.481 e. The summed E-state index contributed by atoms with van der Waals surface area (Å²) in [6, 6.07) is 9.13. The van der Waals surface area contributed by atoms with Crippen LogP contribution in [0.2, 0.25) is 0 Å². The van der Waals surface area contributed by atoms with Crippen LogP contribution < -0.4 is 0 Å². The normalized spacial score (nSPS) is 23.0. The van der Waals surface area contributed by atoms with E-state index in [1.807, 2.05) is 0 Å². The number of nitrogens with zero attached hydrogens (tertiary/aromatic N) is 1. The fraction of sp³-hybridized carbons (Fsp3) is 0.471. The summed E-state index contributed by atoms with van der Waals surface area (Å²) >= 11 is 0. The molecule has 1 aliphatic rings. The number of rotatable bonds is 4. The van der Waals surface area contributed by atoms with Gasteiger partial charge >= 0.3 is 5.97 Å². The average molecular weight is 285 g/mol. The van der Waals surface area contributed by atoms with Crippen LogP contribution in [0.1, 0.15) is 54.4 Å². The number of carboxylic acids is 1. The van der Waals surface area contributed by atoms with Gasteiger partial charge in [-0.25, -0.2) is 0 Å². The predicted molar refractivity (Wildman–Crippen MR) is 77.9 cm³/mol. The van der Waals surface area contributed by atoms with Crippen molar-refractivity contribution in [3.05, 3.63) is 35.4 Å². The summed E-state index contributed by atoms with van der Waals surface area (Å²) in [7, 11) is 0. The van der Waals surface area contributed by atoms with Crippen LogP contribution in [0.4, 0.5) is 0 Å². The first-order valence-electron chi connectivity index (χ1n) is 7.29. The first kappa shape index (κ1) is 15.2. The molecule has 0 amide bonds. The maximum absolute atomic E-state index is 12.4. The smallest absolute Gasteiger partial charge is 0.310 e. The standard InChI is InChI=1S/C17H19NO3/c1-11(17(20)21)13-6-8-15(9-7-13)16(19)14-4-2-12(10-18)3-5-14/h6-9,11-12,14H,2-5H2,1H3,(H,20,21)/t11?,12-,14-. The highest BCUT2D eigenvalue weighted by Gasteiger charge is 2.27. The summed E-state index contributed by atoms with van der Waals surface area (Å²) in [5.74, 6) is -1.24. The number of hydrogen-bond donors (Lipinski definition) is 1. The van der Waals surface area contributed by atoms with Crippen molar-refractivity contribution < 1.29 is 14.7 Å². The molecule has 1 unspecified atom stereocenters. The molecule has 0 spiro atoms. The Kier molecular flexibility index (Phi) is 4.74. The molecule has 0 aromatic heterocycles. The van der Waals surface area contributed by atoms with Gasteiger partial charge in [0.2, 0.25) is 0 Å². The minimum absolute atomic E-state index is 0.00246. The number of nitriles is 1. The number of aliphatic carboxylic acids is 1. The van der Waals surface area contributed by atoms with Crippen molar-refractivity contribution in [1.82, 2.24) is 0 Å². The highest BCUT2D eigenvalue weighted by Crippen LogP contribution is 2.31. The Hall–Kier alpha value is -2.15. The van der Waals surface area contributed by atoms with Crippen LogP contribution >= 0.6 is 0 Å². The SMILES string of the molecule is CC(C(=O)O)c1ccc(C(=O)[C@H]2CC[C@H](C#N)CC2)cc1. The predicted octanol–water partition coefficient (Wildman–Crippen LogP) is 3.39. The molecule has 1 fully saturated rings. The quantitative estimate of drug-likeness (QED) is 0.860. The lowest BCUT2D eigenvalue weighted by molar-refractivity contribution is -0.138. The monoisotopic (exact) mass is 285 g/mol. The van der Waals surface area contributed by atoms with E-state index >= 15 is 0 Å². The lowest BCUT2D eigenvalue weighted by Gasteiger charge is -2.23. The molecule has 4 nitrogen and oxygen atoms in total. The van der Waals surface area contributed by atoms with Crippen LogP contribution in [0.3, 0.4) is 0 Å². The van der Waals surface area contributed by atoms with Gasteiger partial charge in [-0.05, 0) is 38.2 Å². The van der Waals surface area contributed by atoms with Crippen LogP contribution in [0.25, 0.3) is 0 Å². The van der Waals surface area contributed by atoms with Gasteiger partial charge in [0.15, 0.2) is 5.78 Å². The molecule has 1 aromatic rings. The van der Waals surface area contributed by atoms with Crippen molar-refractivity contribution in [2.75, 3.05) is 0 Å². The van der Waals surface area contributed by atoms with E-state index in [2.05, 4.69) is 6.07 Å². The topological polar surface area (TPSA) is 78.2 Å². The molecule has 0 aliphatic heterocycles. The summed E-state index contributed by atoms with van der Waals surface area (Å²) in [4.78, 5) is 23.3. The summed E-state index contributed by atoms with van der Waals surface area (Å²) < 4.78 is 0. The third kappa shape index (κ3) is 3.49. The van der Waals surface area contributed by atoms with Crippen molar-refractivity contribution in [2.45, 2.75) is 38.5 Å². The second kappa shape index (κ2) is 6.53. The van der Waals surface area contributed by atoms with Crippen LogP contribution in [-0.2, 0) is 4.79 Å². The van der Waals surface area contributed by atoms with Gasteiger partial charge in [0, 0.05) is 17.4 Å². The minimum atomic E-state index is -0.871. The van der Waals surface area contributed by atoms with E-state index in [4.69, 9.17) is 10.4 Å². The van der Waals surface area contributed by atoms with Crippen molar-refractivity contribution in [1.29, 1.82) is 5.26 Å². The van der Waals surface area contributed by atoms with Gasteiger partial charge in [0.05, 0.1) is 12.0 Å². The van der Waals surface area contributed by atoms with Crippen molar-refractivity contribution in [3.63, 3.8) is 0 Å². The first-order valence-corrected chi connectivity index (χ1v) is 7.29. The van der Waals surface area contributed by atoms with E-state index in [-0.39, 0.29) is 17.6 Å². The molecule has 1 N–H and O–H groups in total. The number of Topliss-reactive ketones (excluding diaryl/α,β-unsaturated/α-hetero) is 1. The Morgan fingerprint density at radius 1 is 1.19 bits per heavy atom. The van der Waals surface area contributed by atoms with E-state index in [0.717, 1.165) is 25.7 Å². The molecule has 0 saturated heterocycles. The van der Waals surface area contributed by atoms with Crippen molar-refractivity contribution >= 4 is 11.8 Å². The van der Waals surface area contributed by atoms with Crippen LogP contribution in [0, 0.1) is 23.2 Å². The van der Waals surface area contributed by atoms with Crippen LogP contribution in [0.5, 0.6) is 0 Å². The number of carbonyl (C=O) groups is 2. The molecule has 21 heavy (non-hydrogen) atoms. The van der Waals surface area contributed by atoms with Gasteiger partial charge < -0.3 is 5.11 Å². The van der Waals surface area contributed by atoms with Gasteiger partial charge in [0.1, 0.15) is 0 Å². The van der Waals surface area contributed by atoms with Crippen LogP contribution in [0.15, 0.2) is 24.3 Å². The number of benzene rings is 1. The van der Waals surface area contributed by atoms with Crippen LogP contribution in [-0.4, -0.2) is 16.9 Å². The van der Waals surface area contributed by atoms with E-state index in [1.165, 1.54) is 0 Å². The van der Waals surface area contributed by atoms with E-state index in [1.54, 1.807) is 31.2 Å². The Balaban J connectivity index is 2.04.